The van der Waals surface area contributed by atoms with Gasteiger partial charge in [0, 0.05) is 50.1 Å². The topological polar surface area (TPSA) is 165 Å². The number of aromatic amines is 1. The Morgan fingerprint density at radius 2 is 1.88 bits per heavy atom. The number of fused-ring (bicyclic) bond motifs is 2. The molecule has 40 heavy (non-hydrogen) atoms. The Morgan fingerprint density at radius 3 is 2.50 bits per heavy atom. The zero-order valence-corrected chi connectivity index (χ0v) is 24.2. The smallest absolute Gasteiger partial charge is 0.408 e. The molecule has 218 valence electrons. The van der Waals surface area contributed by atoms with Crippen molar-refractivity contribution in [2.45, 2.75) is 71.6 Å². The van der Waals surface area contributed by atoms with Crippen LogP contribution in [0.15, 0.2) is 35.6 Å². The van der Waals surface area contributed by atoms with E-state index in [2.05, 4.69) is 26.0 Å². The Balaban J connectivity index is 0.000000302. The lowest BCUT2D eigenvalue weighted by Gasteiger charge is -2.28. The number of amides is 3. The molecule has 0 saturated carbocycles. The Labute approximate surface area is 233 Å². The van der Waals surface area contributed by atoms with Gasteiger partial charge in [0.05, 0.1) is 5.71 Å². The van der Waals surface area contributed by atoms with Crippen molar-refractivity contribution in [1.82, 2.24) is 25.9 Å². The minimum Gasteiger partial charge on any atom is -0.480 e. The third-order valence-corrected chi connectivity index (χ3v) is 6.77. The van der Waals surface area contributed by atoms with Gasteiger partial charge in [-0.05, 0) is 53.2 Å². The lowest BCUT2D eigenvalue weighted by Crippen LogP contribution is -2.58. The first-order valence-corrected chi connectivity index (χ1v) is 13.2. The van der Waals surface area contributed by atoms with Crippen LogP contribution in [0, 0.1) is 5.41 Å². The van der Waals surface area contributed by atoms with Gasteiger partial charge in [0.15, 0.2) is 0 Å². The fourth-order valence-corrected chi connectivity index (χ4v) is 4.54. The minimum absolute atomic E-state index is 0.105. The van der Waals surface area contributed by atoms with E-state index < -0.39 is 35.2 Å². The number of hydrazone groups is 1. The summed E-state index contributed by atoms with van der Waals surface area (Å²) in [6, 6.07) is 6.37. The molecule has 2 aliphatic rings. The predicted molar refractivity (Wildman–Crippen MR) is 151 cm³/mol. The van der Waals surface area contributed by atoms with Gasteiger partial charge >= 0.3 is 12.1 Å². The highest BCUT2D eigenvalue weighted by molar-refractivity contribution is 6.12. The Morgan fingerprint density at radius 1 is 1.20 bits per heavy atom. The number of nitrogens with one attached hydrogen (secondary N) is 4. The van der Waals surface area contributed by atoms with Crippen LogP contribution in [0.3, 0.4) is 0 Å². The molecule has 5 N–H and O–H groups in total. The van der Waals surface area contributed by atoms with Gasteiger partial charge in [0.25, 0.3) is 5.91 Å². The second-order valence-corrected chi connectivity index (χ2v) is 11.8. The van der Waals surface area contributed by atoms with Crippen molar-refractivity contribution in [2.24, 2.45) is 10.5 Å². The van der Waals surface area contributed by atoms with Crippen molar-refractivity contribution in [1.29, 1.82) is 0 Å². The van der Waals surface area contributed by atoms with Gasteiger partial charge in [-0.15, -0.1) is 0 Å². The largest absolute Gasteiger partial charge is 0.480 e. The molecule has 0 bridgehead atoms. The summed E-state index contributed by atoms with van der Waals surface area (Å²) in [5.74, 6) is -1.66. The summed E-state index contributed by atoms with van der Waals surface area (Å²) >= 11 is 0. The molecule has 1 aromatic heterocycles. The standard InChI is InChI=1S/C20H27N3O5.C8H13N3O/c1-19(2,3)28-18(27)23-20(4,5)17(26)22-15(16(24)25)10-12-11-21-14-9-7-6-8-13(12)14;1-8-5-9-4-3-6(8)10-11(2)7(8)12/h6-9,11,15,21H,10H2,1-5H3,(H,22,26)(H,23,27)(H,24,25);9H,3-5H2,1-2H3/t15-;/m1./s1. The van der Waals surface area contributed by atoms with Crippen LogP contribution in [0.2, 0.25) is 0 Å². The summed E-state index contributed by atoms with van der Waals surface area (Å²) in [5, 5.41) is 24.3. The first-order valence-electron chi connectivity index (χ1n) is 13.2. The minimum atomic E-state index is -1.35. The molecule has 2 aromatic rings. The second-order valence-electron chi connectivity index (χ2n) is 11.8. The molecule has 3 amide bonds. The molecule has 3 heterocycles. The molecule has 1 unspecified atom stereocenters. The predicted octanol–water partition coefficient (Wildman–Crippen LogP) is 2.40. The van der Waals surface area contributed by atoms with E-state index in [1.807, 2.05) is 31.2 Å². The molecule has 4 rings (SSSR count). The highest BCUT2D eigenvalue weighted by atomic mass is 16.6. The number of benzene rings is 1. The Kier molecular flexibility index (Phi) is 8.93. The highest BCUT2D eigenvalue weighted by Gasteiger charge is 2.46. The number of hydrogen-bond donors (Lipinski definition) is 5. The molecule has 0 radical (unpaired) electrons. The Hall–Kier alpha value is -3.93. The van der Waals surface area contributed by atoms with Gasteiger partial charge in [-0.25, -0.2) is 14.6 Å². The lowest BCUT2D eigenvalue weighted by molar-refractivity contribution is -0.142. The number of carboxylic acids is 1. The molecule has 1 saturated heterocycles. The summed E-state index contributed by atoms with van der Waals surface area (Å²) in [6.45, 7) is 11.7. The van der Waals surface area contributed by atoms with Gasteiger partial charge in [-0.1, -0.05) is 18.2 Å². The number of rotatable bonds is 6. The number of alkyl carbamates (subject to hydrolysis) is 1. The van der Waals surface area contributed by atoms with E-state index in [4.69, 9.17) is 4.74 Å². The summed E-state index contributed by atoms with van der Waals surface area (Å²) in [7, 11) is 1.72. The van der Waals surface area contributed by atoms with Gasteiger partial charge in [0.1, 0.15) is 22.6 Å². The van der Waals surface area contributed by atoms with Crippen LogP contribution in [0.1, 0.15) is 53.5 Å². The van der Waals surface area contributed by atoms with E-state index in [0.29, 0.717) is 0 Å². The third kappa shape index (κ3) is 7.17. The van der Waals surface area contributed by atoms with Crippen molar-refractivity contribution in [3.63, 3.8) is 0 Å². The molecule has 1 fully saturated rings. The van der Waals surface area contributed by atoms with Crippen LogP contribution >= 0.6 is 0 Å². The zero-order valence-electron chi connectivity index (χ0n) is 24.2. The maximum absolute atomic E-state index is 12.6. The normalized spacial score (nSPS) is 19.6. The van der Waals surface area contributed by atoms with E-state index in [0.717, 1.165) is 41.7 Å². The molecule has 1 aromatic carbocycles. The molecular formula is C28H40N6O6. The van der Waals surface area contributed by atoms with Crippen LogP contribution in [0.4, 0.5) is 4.79 Å². The quantitative estimate of drug-likeness (QED) is 0.364. The van der Waals surface area contributed by atoms with E-state index in [1.54, 1.807) is 34.0 Å². The molecule has 0 spiro atoms. The fourth-order valence-electron chi connectivity index (χ4n) is 4.54. The van der Waals surface area contributed by atoms with Crippen LogP contribution in [0.25, 0.3) is 10.9 Å². The van der Waals surface area contributed by atoms with Gasteiger partial charge in [-0.3, -0.25) is 9.59 Å². The van der Waals surface area contributed by atoms with Crippen molar-refractivity contribution >= 4 is 40.5 Å². The number of aromatic nitrogens is 1. The summed E-state index contributed by atoms with van der Waals surface area (Å²) in [5.41, 5.74) is 0.286. The van der Waals surface area contributed by atoms with Gasteiger partial charge in [-0.2, -0.15) is 5.10 Å². The number of hydrogen-bond acceptors (Lipinski definition) is 7. The van der Waals surface area contributed by atoms with E-state index in [9.17, 15) is 24.3 Å². The number of aliphatic carboxylic acids is 1. The number of para-hydroxylation sites is 1. The molecular weight excluding hydrogens is 516 g/mol. The molecule has 2 atom stereocenters. The number of nitrogens with zero attached hydrogens (tertiary/aromatic N) is 2. The highest BCUT2D eigenvalue weighted by Crippen LogP contribution is 2.30. The van der Waals surface area contributed by atoms with Crippen LogP contribution in [-0.4, -0.2) is 82.0 Å². The average molecular weight is 557 g/mol. The summed E-state index contributed by atoms with van der Waals surface area (Å²) in [6.07, 6.45) is 1.98. The number of H-pyrrole nitrogens is 1. The fraction of sp³-hybridized carbons (Fsp3) is 0.536. The average Bonchev–Trinajstić information content (AvgIpc) is 3.35. The number of ether oxygens (including phenoxy) is 1. The Bertz CT molecular complexity index is 1310. The number of carbonyl (C=O) groups excluding carboxylic acids is 3. The second kappa shape index (κ2) is 11.7. The van der Waals surface area contributed by atoms with Crippen LogP contribution in [0.5, 0.6) is 0 Å². The van der Waals surface area contributed by atoms with Crippen LogP contribution < -0.4 is 16.0 Å². The van der Waals surface area contributed by atoms with Gasteiger partial charge < -0.3 is 30.8 Å². The van der Waals surface area contributed by atoms with Crippen molar-refractivity contribution in [2.75, 3.05) is 20.1 Å². The molecule has 0 aliphatic carbocycles. The molecule has 12 nitrogen and oxygen atoms in total. The number of piperidine rings is 1. The maximum atomic E-state index is 12.6. The molecule has 12 heteroatoms. The summed E-state index contributed by atoms with van der Waals surface area (Å²) in [4.78, 5) is 51.0. The zero-order chi connectivity index (χ0) is 29.9. The first-order chi connectivity index (χ1) is 18.5. The monoisotopic (exact) mass is 556 g/mol. The first kappa shape index (κ1) is 30.6. The maximum Gasteiger partial charge on any atom is 0.408 e. The van der Waals surface area contributed by atoms with E-state index in [1.165, 1.54) is 18.9 Å². The summed E-state index contributed by atoms with van der Waals surface area (Å²) < 4.78 is 5.16. The van der Waals surface area contributed by atoms with E-state index in [-0.39, 0.29) is 17.7 Å². The number of carbonyl (C=O) groups is 4. The van der Waals surface area contributed by atoms with Crippen molar-refractivity contribution in [3.8, 4) is 0 Å². The van der Waals surface area contributed by atoms with Crippen molar-refractivity contribution < 1.29 is 29.0 Å². The number of carboxylic acid groups (broad SMARTS) is 1. The van der Waals surface area contributed by atoms with Crippen LogP contribution in [-0.2, 0) is 25.5 Å². The van der Waals surface area contributed by atoms with Crippen molar-refractivity contribution in [3.05, 3.63) is 36.0 Å². The van der Waals surface area contributed by atoms with Gasteiger partial charge in [0.2, 0.25) is 5.91 Å². The SMILES string of the molecule is CC(C)(C)OC(=O)NC(C)(C)C(=O)N[C@H](Cc1c[nH]c2ccccc12)C(=O)O.CN1N=C2CCNCC2(C)C1=O. The molecule has 2 aliphatic heterocycles. The third-order valence-electron chi connectivity index (χ3n) is 6.77. The van der Waals surface area contributed by atoms with E-state index >= 15 is 0 Å². The lowest BCUT2D eigenvalue weighted by atomic mass is 9.81.